The molecule has 1 heterocycles. The van der Waals surface area contributed by atoms with Crippen LogP contribution in [0, 0.1) is 5.82 Å². The molecule has 0 amide bonds. The molecule has 1 fully saturated rings. The Bertz CT molecular complexity index is 411. The van der Waals surface area contributed by atoms with Gasteiger partial charge in [-0.05, 0) is 33.0 Å². The summed E-state index contributed by atoms with van der Waals surface area (Å²) in [7, 11) is 1.83. The SMILES string of the molecule is CNCc1c(F)cccc1N1CC(C)OCC1C. The van der Waals surface area contributed by atoms with Gasteiger partial charge in [-0.15, -0.1) is 0 Å². The van der Waals surface area contributed by atoms with Crippen molar-refractivity contribution in [3.05, 3.63) is 29.6 Å². The van der Waals surface area contributed by atoms with Crippen molar-refractivity contribution in [1.82, 2.24) is 5.32 Å². The number of morpholine rings is 1. The van der Waals surface area contributed by atoms with Gasteiger partial charge in [0.15, 0.2) is 0 Å². The van der Waals surface area contributed by atoms with E-state index in [4.69, 9.17) is 4.74 Å². The van der Waals surface area contributed by atoms with Crippen LogP contribution in [0.2, 0.25) is 0 Å². The third-order valence-corrected chi connectivity index (χ3v) is 3.36. The number of nitrogens with one attached hydrogen (secondary N) is 1. The number of benzene rings is 1. The van der Waals surface area contributed by atoms with Gasteiger partial charge in [-0.1, -0.05) is 6.07 Å². The van der Waals surface area contributed by atoms with E-state index < -0.39 is 0 Å². The minimum atomic E-state index is -0.145. The molecule has 2 unspecified atom stereocenters. The predicted octanol–water partition coefficient (Wildman–Crippen LogP) is 2.16. The molecule has 3 nitrogen and oxygen atoms in total. The lowest BCUT2D eigenvalue weighted by molar-refractivity contribution is 0.0343. The number of halogens is 1. The molecule has 1 saturated heterocycles. The quantitative estimate of drug-likeness (QED) is 0.892. The van der Waals surface area contributed by atoms with Crippen LogP contribution in [-0.2, 0) is 11.3 Å². The maximum absolute atomic E-state index is 13.9. The van der Waals surface area contributed by atoms with Crippen molar-refractivity contribution in [1.29, 1.82) is 0 Å². The Morgan fingerprint density at radius 2 is 2.22 bits per heavy atom. The van der Waals surface area contributed by atoms with Gasteiger partial charge in [0.25, 0.3) is 0 Å². The molecule has 2 rings (SSSR count). The Labute approximate surface area is 108 Å². The van der Waals surface area contributed by atoms with E-state index in [1.54, 1.807) is 6.07 Å². The number of anilines is 1. The third-order valence-electron chi connectivity index (χ3n) is 3.36. The molecule has 1 aromatic rings. The van der Waals surface area contributed by atoms with Gasteiger partial charge in [-0.25, -0.2) is 4.39 Å². The van der Waals surface area contributed by atoms with E-state index in [0.29, 0.717) is 13.2 Å². The largest absolute Gasteiger partial charge is 0.375 e. The van der Waals surface area contributed by atoms with Crippen LogP contribution in [0.4, 0.5) is 10.1 Å². The highest BCUT2D eigenvalue weighted by molar-refractivity contribution is 5.55. The van der Waals surface area contributed by atoms with Crippen molar-refractivity contribution in [3.63, 3.8) is 0 Å². The summed E-state index contributed by atoms with van der Waals surface area (Å²) in [5.74, 6) is -0.145. The maximum Gasteiger partial charge on any atom is 0.129 e. The monoisotopic (exact) mass is 252 g/mol. The first kappa shape index (κ1) is 13.3. The lowest BCUT2D eigenvalue weighted by Crippen LogP contribution is -2.48. The fraction of sp³-hybridized carbons (Fsp3) is 0.571. The van der Waals surface area contributed by atoms with E-state index in [1.165, 1.54) is 6.07 Å². The van der Waals surface area contributed by atoms with Gasteiger partial charge < -0.3 is 15.0 Å². The number of nitrogens with zero attached hydrogens (tertiary/aromatic N) is 1. The van der Waals surface area contributed by atoms with Crippen molar-refractivity contribution < 1.29 is 9.13 Å². The van der Waals surface area contributed by atoms with Gasteiger partial charge in [0, 0.05) is 30.4 Å². The average Bonchev–Trinajstić information content (AvgIpc) is 2.35. The summed E-state index contributed by atoms with van der Waals surface area (Å²) in [5, 5.41) is 3.03. The summed E-state index contributed by atoms with van der Waals surface area (Å²) in [6.07, 6.45) is 0.187. The summed E-state index contributed by atoms with van der Waals surface area (Å²) < 4.78 is 19.5. The fourth-order valence-corrected chi connectivity index (χ4v) is 2.41. The summed E-state index contributed by atoms with van der Waals surface area (Å²) in [6.45, 7) is 6.20. The molecule has 4 heteroatoms. The van der Waals surface area contributed by atoms with Crippen LogP contribution in [0.25, 0.3) is 0 Å². The van der Waals surface area contributed by atoms with Gasteiger partial charge in [0.2, 0.25) is 0 Å². The van der Waals surface area contributed by atoms with Crippen LogP contribution >= 0.6 is 0 Å². The molecule has 18 heavy (non-hydrogen) atoms. The highest BCUT2D eigenvalue weighted by atomic mass is 19.1. The first-order valence-corrected chi connectivity index (χ1v) is 6.43. The highest BCUT2D eigenvalue weighted by Gasteiger charge is 2.25. The molecule has 1 aliphatic rings. The van der Waals surface area contributed by atoms with Crippen LogP contribution in [0.3, 0.4) is 0 Å². The Balaban J connectivity index is 2.33. The van der Waals surface area contributed by atoms with Gasteiger partial charge in [-0.2, -0.15) is 0 Å². The smallest absolute Gasteiger partial charge is 0.129 e. The lowest BCUT2D eigenvalue weighted by atomic mass is 10.1. The number of rotatable bonds is 3. The minimum Gasteiger partial charge on any atom is -0.375 e. The molecular weight excluding hydrogens is 231 g/mol. The molecule has 0 aromatic heterocycles. The van der Waals surface area contributed by atoms with Crippen molar-refractivity contribution in [2.45, 2.75) is 32.5 Å². The van der Waals surface area contributed by atoms with E-state index in [2.05, 4.69) is 24.1 Å². The molecule has 1 aromatic carbocycles. The van der Waals surface area contributed by atoms with Crippen molar-refractivity contribution in [3.8, 4) is 0 Å². The number of ether oxygens (including phenoxy) is 1. The Kier molecular flexibility index (Phi) is 4.19. The predicted molar refractivity (Wildman–Crippen MR) is 71.4 cm³/mol. The lowest BCUT2D eigenvalue weighted by Gasteiger charge is -2.39. The summed E-state index contributed by atoms with van der Waals surface area (Å²) in [5.41, 5.74) is 1.72. The molecule has 100 valence electrons. The first-order valence-electron chi connectivity index (χ1n) is 6.43. The van der Waals surface area contributed by atoms with Crippen LogP contribution in [0.1, 0.15) is 19.4 Å². The topological polar surface area (TPSA) is 24.5 Å². The van der Waals surface area contributed by atoms with Crippen LogP contribution in [0.15, 0.2) is 18.2 Å². The van der Waals surface area contributed by atoms with Crippen molar-refractivity contribution in [2.75, 3.05) is 25.1 Å². The second-order valence-electron chi connectivity index (χ2n) is 4.91. The van der Waals surface area contributed by atoms with Crippen molar-refractivity contribution >= 4 is 5.69 Å². The zero-order valence-corrected chi connectivity index (χ0v) is 11.2. The fourth-order valence-electron chi connectivity index (χ4n) is 2.41. The van der Waals surface area contributed by atoms with Crippen LogP contribution < -0.4 is 10.2 Å². The van der Waals surface area contributed by atoms with Crippen molar-refractivity contribution in [2.24, 2.45) is 0 Å². The molecule has 2 atom stereocenters. The molecule has 1 N–H and O–H groups in total. The zero-order valence-electron chi connectivity index (χ0n) is 11.2. The van der Waals surface area contributed by atoms with Gasteiger partial charge in [0.1, 0.15) is 5.82 Å². The first-order chi connectivity index (χ1) is 8.63. The van der Waals surface area contributed by atoms with E-state index in [1.807, 2.05) is 13.1 Å². The molecule has 0 saturated carbocycles. The zero-order chi connectivity index (χ0) is 13.1. The Hall–Kier alpha value is -1.13. The molecule has 0 radical (unpaired) electrons. The minimum absolute atomic E-state index is 0.145. The Morgan fingerprint density at radius 1 is 1.44 bits per heavy atom. The van der Waals surface area contributed by atoms with Gasteiger partial charge in [-0.3, -0.25) is 0 Å². The summed E-state index contributed by atoms with van der Waals surface area (Å²) in [6, 6.07) is 5.56. The molecular formula is C14H21FN2O. The van der Waals surface area contributed by atoms with E-state index in [0.717, 1.165) is 17.8 Å². The van der Waals surface area contributed by atoms with Crippen LogP contribution in [-0.4, -0.2) is 32.3 Å². The van der Waals surface area contributed by atoms with Gasteiger partial charge >= 0.3 is 0 Å². The Morgan fingerprint density at radius 3 is 2.94 bits per heavy atom. The second-order valence-corrected chi connectivity index (χ2v) is 4.91. The normalized spacial score (nSPS) is 24.3. The van der Waals surface area contributed by atoms with Crippen LogP contribution in [0.5, 0.6) is 0 Å². The highest BCUT2D eigenvalue weighted by Crippen LogP contribution is 2.27. The summed E-state index contributed by atoms with van der Waals surface area (Å²) >= 11 is 0. The standard InChI is InChI=1S/C14H21FN2O/c1-10-9-18-11(2)8-17(10)14-6-4-5-13(15)12(14)7-16-3/h4-6,10-11,16H,7-9H2,1-3H3. The number of hydrogen-bond donors (Lipinski definition) is 1. The molecule has 0 aliphatic carbocycles. The average molecular weight is 252 g/mol. The molecule has 0 bridgehead atoms. The summed E-state index contributed by atoms with van der Waals surface area (Å²) in [4.78, 5) is 2.24. The molecule has 0 spiro atoms. The van der Waals surface area contributed by atoms with E-state index >= 15 is 0 Å². The molecule has 1 aliphatic heterocycles. The number of hydrogen-bond acceptors (Lipinski definition) is 3. The third kappa shape index (κ3) is 2.65. The maximum atomic E-state index is 13.9. The van der Waals surface area contributed by atoms with E-state index in [9.17, 15) is 4.39 Å². The van der Waals surface area contributed by atoms with E-state index in [-0.39, 0.29) is 18.0 Å². The second kappa shape index (κ2) is 5.67. The van der Waals surface area contributed by atoms with Gasteiger partial charge in [0.05, 0.1) is 12.7 Å².